The third-order valence-corrected chi connectivity index (χ3v) is 4.99. The van der Waals surface area contributed by atoms with Gasteiger partial charge in [-0.15, -0.1) is 0 Å². The van der Waals surface area contributed by atoms with Crippen molar-refractivity contribution in [3.63, 3.8) is 0 Å². The quantitative estimate of drug-likeness (QED) is 0.639. The molecule has 1 N–H and O–H groups in total. The van der Waals surface area contributed by atoms with Crippen LogP contribution in [0.15, 0.2) is 46.2 Å². The molecule has 1 heterocycles. The fourth-order valence-corrected chi connectivity index (χ4v) is 3.51. The highest BCUT2D eigenvalue weighted by atomic mass is 79.9. The summed E-state index contributed by atoms with van der Waals surface area (Å²) in [6, 6.07) is 0. The molecule has 0 spiro atoms. The third-order valence-electron chi connectivity index (χ3n) is 4.63. The zero-order valence-corrected chi connectivity index (χ0v) is 17.6. The van der Waals surface area contributed by atoms with Crippen molar-refractivity contribution < 1.29 is 4.74 Å². The molecule has 0 aromatic rings. The maximum absolute atomic E-state index is 6.36. The van der Waals surface area contributed by atoms with Crippen molar-refractivity contribution >= 4 is 26.4 Å². The van der Waals surface area contributed by atoms with Gasteiger partial charge in [-0.05, 0) is 53.3 Å². The molecule has 5 heteroatoms. The van der Waals surface area contributed by atoms with Crippen molar-refractivity contribution in [2.75, 3.05) is 6.54 Å². The number of hydrogen-bond donors (Lipinski definition) is 1. The van der Waals surface area contributed by atoms with E-state index in [0.717, 1.165) is 37.3 Å². The number of hydrazone groups is 1. The van der Waals surface area contributed by atoms with Crippen molar-refractivity contribution in [3.05, 3.63) is 36.1 Å². The molecular weight excluding hydrogens is 378 g/mol. The first-order chi connectivity index (χ1) is 11.7. The molecule has 2 unspecified atom stereocenters. The predicted molar refractivity (Wildman–Crippen MR) is 110 cm³/mol. The molecule has 2 aliphatic rings. The van der Waals surface area contributed by atoms with E-state index in [1.807, 2.05) is 13.0 Å². The van der Waals surface area contributed by atoms with E-state index in [4.69, 9.17) is 4.74 Å². The number of aliphatic imine (C=N–C) groups is 1. The van der Waals surface area contributed by atoms with Gasteiger partial charge in [-0.3, -0.25) is 0 Å². The summed E-state index contributed by atoms with van der Waals surface area (Å²) in [7, 11) is 0. The lowest BCUT2D eigenvalue weighted by Crippen LogP contribution is -2.33. The van der Waals surface area contributed by atoms with Crippen LogP contribution in [0.2, 0.25) is 0 Å². The van der Waals surface area contributed by atoms with Gasteiger partial charge in [-0.1, -0.05) is 52.3 Å². The molecule has 0 saturated carbocycles. The van der Waals surface area contributed by atoms with Gasteiger partial charge >= 0.3 is 0 Å². The van der Waals surface area contributed by atoms with Gasteiger partial charge in [0.2, 0.25) is 4.74 Å². The van der Waals surface area contributed by atoms with Gasteiger partial charge in [-0.2, -0.15) is 5.10 Å². The number of amidine groups is 1. The zero-order valence-electron chi connectivity index (χ0n) is 16.0. The van der Waals surface area contributed by atoms with Gasteiger partial charge in [0.15, 0.2) is 0 Å². The minimum atomic E-state index is -0.0857. The Labute approximate surface area is 160 Å². The maximum atomic E-state index is 6.36. The Hall–Kier alpha value is -1.36. The van der Waals surface area contributed by atoms with Crippen LogP contribution < -0.4 is 5.43 Å². The monoisotopic (exact) mass is 407 g/mol. The Kier molecular flexibility index (Phi) is 6.66. The largest absolute Gasteiger partial charge is 0.484 e. The molecule has 0 radical (unpaired) electrons. The first-order valence-corrected chi connectivity index (χ1v) is 9.79. The second-order valence-electron chi connectivity index (χ2n) is 7.96. The van der Waals surface area contributed by atoms with Crippen LogP contribution in [0.4, 0.5) is 0 Å². The Bertz CT molecular complexity index is 631. The van der Waals surface area contributed by atoms with Gasteiger partial charge in [0, 0.05) is 12.0 Å². The lowest BCUT2D eigenvalue weighted by molar-refractivity contribution is 0.127. The lowest BCUT2D eigenvalue weighted by Gasteiger charge is -2.29. The fourth-order valence-electron chi connectivity index (χ4n) is 3.10. The summed E-state index contributed by atoms with van der Waals surface area (Å²) in [4.78, 5) is 4.52. The predicted octanol–water partition coefficient (Wildman–Crippen LogP) is 5.33. The molecule has 2 rings (SSSR count). The number of allylic oxidation sites excluding steroid dienone is 5. The number of nitrogens with one attached hydrogen (secondary N) is 1. The van der Waals surface area contributed by atoms with Crippen LogP contribution in [0.3, 0.4) is 0 Å². The summed E-state index contributed by atoms with van der Waals surface area (Å²) in [5, 5.41) is 4.23. The highest BCUT2D eigenvalue weighted by Gasteiger charge is 2.28. The molecule has 2 atom stereocenters. The number of nitrogens with zero attached hydrogens (tertiary/aromatic N) is 2. The summed E-state index contributed by atoms with van der Waals surface area (Å²) in [6.45, 7) is 11.7. The van der Waals surface area contributed by atoms with E-state index < -0.39 is 0 Å². The summed E-state index contributed by atoms with van der Waals surface area (Å²) in [6.07, 6.45) is 13.8. The molecular formula is C20H30BrN3O. The maximum Gasteiger partial charge on any atom is 0.215 e. The van der Waals surface area contributed by atoms with Gasteiger partial charge in [0.1, 0.15) is 11.9 Å². The van der Waals surface area contributed by atoms with Crippen LogP contribution in [-0.4, -0.2) is 23.1 Å². The van der Waals surface area contributed by atoms with Crippen molar-refractivity contribution in [3.8, 4) is 0 Å². The molecule has 0 aromatic carbocycles. The minimum absolute atomic E-state index is 0.0458. The van der Waals surface area contributed by atoms with E-state index in [0.29, 0.717) is 4.74 Å². The number of ether oxygens (including phenoxy) is 1. The topological polar surface area (TPSA) is 46.0 Å². The average molecular weight is 408 g/mol. The van der Waals surface area contributed by atoms with Crippen LogP contribution in [0, 0.1) is 10.8 Å². The van der Waals surface area contributed by atoms with Crippen molar-refractivity contribution in [2.45, 2.75) is 60.0 Å². The van der Waals surface area contributed by atoms with Crippen LogP contribution in [0.1, 0.15) is 53.9 Å². The molecule has 1 aliphatic carbocycles. The van der Waals surface area contributed by atoms with Crippen molar-refractivity contribution in [1.82, 2.24) is 5.43 Å². The molecule has 0 saturated heterocycles. The number of rotatable bonds is 4. The molecule has 0 bridgehead atoms. The van der Waals surface area contributed by atoms with Crippen molar-refractivity contribution in [1.29, 1.82) is 0 Å². The Morgan fingerprint density at radius 3 is 2.80 bits per heavy atom. The lowest BCUT2D eigenvalue weighted by atomic mass is 9.85. The molecule has 25 heavy (non-hydrogen) atoms. The SMILES string of the molecule is CCCC1(C)C=CC=C(OC2CC(C)(C)CN/N=C(/Br)N=C2C)C=C1. The summed E-state index contributed by atoms with van der Waals surface area (Å²) < 4.78 is 6.91. The second-order valence-corrected chi connectivity index (χ2v) is 8.67. The summed E-state index contributed by atoms with van der Waals surface area (Å²) in [5.41, 5.74) is 4.15. The zero-order chi connectivity index (χ0) is 18.5. The van der Waals surface area contributed by atoms with Crippen LogP contribution in [-0.2, 0) is 4.74 Å². The van der Waals surface area contributed by atoms with E-state index in [9.17, 15) is 0 Å². The molecule has 0 aromatic heterocycles. The molecule has 0 amide bonds. The smallest absolute Gasteiger partial charge is 0.215 e. The van der Waals surface area contributed by atoms with Gasteiger partial charge in [0.05, 0.1) is 5.71 Å². The van der Waals surface area contributed by atoms with E-state index in [1.54, 1.807) is 0 Å². The summed E-state index contributed by atoms with van der Waals surface area (Å²) in [5.74, 6) is 0.881. The first kappa shape index (κ1) is 20.0. The van der Waals surface area contributed by atoms with Crippen LogP contribution in [0.25, 0.3) is 0 Å². The second kappa shape index (κ2) is 8.35. The number of halogens is 1. The fraction of sp³-hybridized carbons (Fsp3) is 0.600. The van der Waals surface area contributed by atoms with Gasteiger partial charge in [-0.25, -0.2) is 4.99 Å². The molecule has 0 fully saturated rings. The standard InChI is InChI=1S/C20H30BrN3O/c1-6-10-20(5)11-7-8-16(9-12-20)25-17-13-19(3,4)14-22-24-18(21)23-15(17)2/h7-9,11-12,17,22H,6,10,13-14H2,1-5H3/b23-15?,24-18-. The van der Waals surface area contributed by atoms with E-state index in [2.05, 4.69) is 83.4 Å². The van der Waals surface area contributed by atoms with Gasteiger partial charge in [0.25, 0.3) is 0 Å². The van der Waals surface area contributed by atoms with Crippen molar-refractivity contribution in [2.24, 2.45) is 20.9 Å². The van der Waals surface area contributed by atoms with Crippen LogP contribution in [0.5, 0.6) is 0 Å². The Morgan fingerprint density at radius 2 is 2.08 bits per heavy atom. The average Bonchev–Trinajstić information content (AvgIpc) is 2.65. The van der Waals surface area contributed by atoms with E-state index >= 15 is 0 Å². The Morgan fingerprint density at radius 1 is 1.32 bits per heavy atom. The first-order valence-electron chi connectivity index (χ1n) is 9.00. The van der Waals surface area contributed by atoms with E-state index in [-0.39, 0.29) is 16.9 Å². The molecule has 4 nitrogen and oxygen atoms in total. The van der Waals surface area contributed by atoms with E-state index in [1.165, 1.54) is 0 Å². The highest BCUT2D eigenvalue weighted by molar-refractivity contribution is 9.18. The molecule has 138 valence electrons. The highest BCUT2D eigenvalue weighted by Crippen LogP contribution is 2.31. The summed E-state index contributed by atoms with van der Waals surface area (Å²) >= 11 is 3.39. The normalized spacial score (nSPS) is 31.3. The molecule has 1 aliphatic heterocycles. The Balaban J connectivity index is 2.20. The minimum Gasteiger partial charge on any atom is -0.484 e. The van der Waals surface area contributed by atoms with Crippen LogP contribution >= 0.6 is 15.9 Å². The number of hydrogen-bond acceptors (Lipinski definition) is 4. The van der Waals surface area contributed by atoms with Gasteiger partial charge < -0.3 is 10.2 Å². The third kappa shape index (κ3) is 6.14.